The topological polar surface area (TPSA) is 55.8 Å². The van der Waals surface area contributed by atoms with Gasteiger partial charge in [-0.05, 0) is 25.2 Å². The smallest absolute Gasteiger partial charge is 0.335 e. The Kier molecular flexibility index (Phi) is 3.97. The first kappa shape index (κ1) is 11.4. The number of carboxylic acids is 1. The normalized spacial score (nSPS) is 20.8. The highest BCUT2D eigenvalue weighted by Crippen LogP contribution is 2.16. The number of carbonyl (C=O) groups is 1. The summed E-state index contributed by atoms with van der Waals surface area (Å²) in [4.78, 5) is 10.6. The van der Waals surface area contributed by atoms with E-state index < -0.39 is 5.97 Å². The number of aliphatic carboxylic acids is 1. The highest BCUT2D eigenvalue weighted by Gasteiger charge is 2.14. The average Bonchev–Trinajstić information content (AvgIpc) is 2.26. The number of ether oxygens (including phenoxy) is 2. The molecule has 1 aliphatic carbocycles. The Balaban J connectivity index is 2.53. The third kappa shape index (κ3) is 3.16. The maximum Gasteiger partial charge on any atom is 0.335 e. The second-order valence-electron chi connectivity index (χ2n) is 3.03. The summed E-state index contributed by atoms with van der Waals surface area (Å²) >= 11 is 0. The van der Waals surface area contributed by atoms with Crippen LogP contribution in [0.25, 0.3) is 0 Å². The molecule has 1 atom stereocenters. The summed E-state index contributed by atoms with van der Waals surface area (Å²) in [5, 5.41) is 8.70. The summed E-state index contributed by atoms with van der Waals surface area (Å²) in [6.45, 7) is 1.81. The molecular formula is C11H14O4. The molecule has 0 aromatic rings. The van der Waals surface area contributed by atoms with E-state index in [1.54, 1.807) is 24.3 Å². The van der Waals surface area contributed by atoms with Gasteiger partial charge in [0.05, 0.1) is 12.7 Å². The number of allylic oxidation sites excluding steroid dienone is 1. The van der Waals surface area contributed by atoms with Crippen molar-refractivity contribution in [2.24, 2.45) is 0 Å². The van der Waals surface area contributed by atoms with Gasteiger partial charge in [0.25, 0.3) is 5.95 Å². The van der Waals surface area contributed by atoms with Gasteiger partial charge in [0.15, 0.2) is 0 Å². The van der Waals surface area contributed by atoms with Gasteiger partial charge in [0.1, 0.15) is 6.10 Å². The molecule has 0 heterocycles. The Labute approximate surface area is 88.5 Å². The molecule has 0 fully saturated rings. The molecule has 0 spiro atoms. The fourth-order valence-corrected chi connectivity index (χ4v) is 1.23. The lowest BCUT2D eigenvalue weighted by Crippen LogP contribution is -2.14. The molecule has 0 aromatic carbocycles. The second kappa shape index (κ2) is 5.24. The van der Waals surface area contributed by atoms with Crippen LogP contribution in [0.5, 0.6) is 0 Å². The van der Waals surface area contributed by atoms with Gasteiger partial charge >= 0.3 is 5.97 Å². The zero-order valence-corrected chi connectivity index (χ0v) is 8.77. The highest BCUT2D eigenvalue weighted by molar-refractivity contribution is 5.90. The average molecular weight is 210 g/mol. The first-order valence-electron chi connectivity index (χ1n) is 4.66. The quantitative estimate of drug-likeness (QED) is 0.719. The Morgan fingerprint density at radius 2 is 2.40 bits per heavy atom. The molecule has 0 saturated carbocycles. The summed E-state index contributed by atoms with van der Waals surface area (Å²) in [7, 11) is 1.53. The predicted molar refractivity (Wildman–Crippen MR) is 55.1 cm³/mol. The highest BCUT2D eigenvalue weighted by atomic mass is 16.7. The van der Waals surface area contributed by atoms with Gasteiger partial charge < -0.3 is 14.6 Å². The lowest BCUT2D eigenvalue weighted by atomic mass is 10.1. The summed E-state index contributed by atoms with van der Waals surface area (Å²) in [5.74, 6) is -0.473. The number of methoxy groups -OCH3 is 1. The van der Waals surface area contributed by atoms with Gasteiger partial charge in [-0.1, -0.05) is 6.08 Å². The summed E-state index contributed by atoms with van der Waals surface area (Å²) in [6, 6.07) is 0. The Morgan fingerprint density at radius 3 is 2.80 bits per heavy atom. The van der Waals surface area contributed by atoms with Gasteiger partial charge in [-0.3, -0.25) is 0 Å². The van der Waals surface area contributed by atoms with Crippen LogP contribution < -0.4 is 0 Å². The van der Waals surface area contributed by atoms with Crippen molar-refractivity contribution in [1.82, 2.24) is 0 Å². The van der Waals surface area contributed by atoms with Crippen molar-refractivity contribution in [2.75, 3.05) is 7.11 Å². The van der Waals surface area contributed by atoms with E-state index in [0.717, 1.165) is 0 Å². The molecule has 1 N–H and O–H groups in total. The second-order valence-corrected chi connectivity index (χ2v) is 3.03. The molecule has 15 heavy (non-hydrogen) atoms. The summed E-state index contributed by atoms with van der Waals surface area (Å²) < 4.78 is 10.4. The van der Waals surface area contributed by atoms with Crippen molar-refractivity contribution in [2.45, 2.75) is 19.4 Å². The zero-order chi connectivity index (χ0) is 11.3. The monoisotopic (exact) mass is 210 g/mol. The minimum atomic E-state index is -0.914. The molecular weight excluding hydrogens is 196 g/mol. The van der Waals surface area contributed by atoms with E-state index in [1.807, 2.05) is 6.92 Å². The van der Waals surface area contributed by atoms with Gasteiger partial charge in [0, 0.05) is 6.42 Å². The maximum atomic E-state index is 10.6. The fourth-order valence-electron chi connectivity index (χ4n) is 1.23. The minimum Gasteiger partial charge on any atom is -0.478 e. The first-order valence-corrected chi connectivity index (χ1v) is 4.66. The standard InChI is InChI=1S/C11H14O4/c1-3-10(14-2)15-9-6-4-8(5-7-9)11(12)13/h3-6,9H,7H2,1-2H3,(H,12,13)/b10-3+. The number of carboxylic acid groups (broad SMARTS) is 1. The van der Waals surface area contributed by atoms with Crippen molar-refractivity contribution in [3.05, 3.63) is 35.8 Å². The fraction of sp³-hybridized carbons (Fsp3) is 0.364. The maximum absolute atomic E-state index is 10.6. The van der Waals surface area contributed by atoms with Crippen LogP contribution in [0.2, 0.25) is 0 Å². The van der Waals surface area contributed by atoms with Crippen LogP contribution in [0.1, 0.15) is 13.3 Å². The molecule has 0 aliphatic heterocycles. The van der Waals surface area contributed by atoms with Crippen molar-refractivity contribution >= 4 is 5.97 Å². The van der Waals surface area contributed by atoms with Crippen LogP contribution in [-0.4, -0.2) is 24.3 Å². The first-order chi connectivity index (χ1) is 7.17. The van der Waals surface area contributed by atoms with Gasteiger partial charge in [0.2, 0.25) is 0 Å². The Bertz CT molecular complexity index is 325. The van der Waals surface area contributed by atoms with Crippen LogP contribution in [0, 0.1) is 0 Å². The number of hydrogen-bond donors (Lipinski definition) is 1. The summed E-state index contributed by atoms with van der Waals surface area (Å²) in [6.07, 6.45) is 6.99. The van der Waals surface area contributed by atoms with E-state index in [4.69, 9.17) is 14.6 Å². The van der Waals surface area contributed by atoms with E-state index in [1.165, 1.54) is 7.11 Å². The van der Waals surface area contributed by atoms with Crippen LogP contribution in [0.4, 0.5) is 0 Å². The van der Waals surface area contributed by atoms with E-state index in [-0.39, 0.29) is 6.10 Å². The largest absolute Gasteiger partial charge is 0.478 e. The van der Waals surface area contributed by atoms with E-state index in [2.05, 4.69) is 0 Å². The predicted octanol–water partition coefficient (Wildman–Crippen LogP) is 1.85. The molecule has 4 heteroatoms. The number of rotatable bonds is 4. The van der Waals surface area contributed by atoms with Crippen molar-refractivity contribution in [1.29, 1.82) is 0 Å². The zero-order valence-electron chi connectivity index (χ0n) is 8.77. The Morgan fingerprint density at radius 1 is 1.67 bits per heavy atom. The molecule has 0 saturated heterocycles. The van der Waals surface area contributed by atoms with Crippen LogP contribution in [0.15, 0.2) is 35.8 Å². The van der Waals surface area contributed by atoms with Crippen molar-refractivity contribution in [3.8, 4) is 0 Å². The molecule has 0 radical (unpaired) electrons. The van der Waals surface area contributed by atoms with Gasteiger partial charge in [-0.2, -0.15) is 0 Å². The lowest BCUT2D eigenvalue weighted by molar-refractivity contribution is -0.132. The van der Waals surface area contributed by atoms with Crippen LogP contribution in [0.3, 0.4) is 0 Å². The molecule has 1 aliphatic rings. The van der Waals surface area contributed by atoms with Gasteiger partial charge in [-0.25, -0.2) is 4.79 Å². The molecule has 0 amide bonds. The van der Waals surface area contributed by atoms with Gasteiger partial charge in [-0.15, -0.1) is 0 Å². The van der Waals surface area contributed by atoms with Crippen LogP contribution >= 0.6 is 0 Å². The third-order valence-corrected chi connectivity index (χ3v) is 2.01. The third-order valence-electron chi connectivity index (χ3n) is 2.01. The SMILES string of the molecule is C/C=C(\OC)OC1C=CC(C(=O)O)=CC1. The molecule has 82 valence electrons. The molecule has 1 unspecified atom stereocenters. The summed E-state index contributed by atoms with van der Waals surface area (Å²) in [5.41, 5.74) is 0.300. The Hall–Kier alpha value is -1.71. The van der Waals surface area contributed by atoms with E-state index in [9.17, 15) is 4.79 Å². The van der Waals surface area contributed by atoms with E-state index >= 15 is 0 Å². The van der Waals surface area contributed by atoms with Crippen molar-refractivity contribution in [3.63, 3.8) is 0 Å². The van der Waals surface area contributed by atoms with Crippen molar-refractivity contribution < 1.29 is 19.4 Å². The number of hydrogen-bond acceptors (Lipinski definition) is 3. The molecule has 0 bridgehead atoms. The minimum absolute atomic E-state index is 0.153. The lowest BCUT2D eigenvalue weighted by Gasteiger charge is -2.17. The van der Waals surface area contributed by atoms with Crippen LogP contribution in [-0.2, 0) is 14.3 Å². The van der Waals surface area contributed by atoms with E-state index in [0.29, 0.717) is 17.9 Å². The molecule has 1 rings (SSSR count). The molecule has 4 nitrogen and oxygen atoms in total. The molecule has 0 aromatic heterocycles.